The summed E-state index contributed by atoms with van der Waals surface area (Å²) in [7, 11) is 1.29. The Hall–Kier alpha value is -2.84. The molecule has 3 aromatic rings. The van der Waals surface area contributed by atoms with Crippen molar-refractivity contribution in [2.75, 3.05) is 7.11 Å². The average molecular weight is 372 g/mol. The second-order valence-electron chi connectivity index (χ2n) is 5.59. The van der Waals surface area contributed by atoms with Gasteiger partial charge >= 0.3 is 12.3 Å². The quantitative estimate of drug-likeness (QED) is 0.604. The lowest BCUT2D eigenvalue weighted by molar-refractivity contribution is -0.274. The Morgan fingerprint density at radius 2 is 1.77 bits per heavy atom. The highest BCUT2D eigenvalue weighted by Gasteiger charge is 2.32. The summed E-state index contributed by atoms with van der Waals surface area (Å²) in [6, 6.07) is 6.78. The number of ether oxygens (including phenoxy) is 2. The van der Waals surface area contributed by atoms with Crippen molar-refractivity contribution in [1.82, 2.24) is 9.38 Å². The van der Waals surface area contributed by atoms with Gasteiger partial charge in [-0.1, -0.05) is 6.07 Å². The fourth-order valence-electron chi connectivity index (χ4n) is 2.58. The van der Waals surface area contributed by atoms with Crippen molar-refractivity contribution in [3.63, 3.8) is 0 Å². The molecular weight excluding hydrogens is 359 g/mol. The maximum Gasteiger partial charge on any atom is 0.573 e. The summed E-state index contributed by atoms with van der Waals surface area (Å²) in [6.45, 7) is 0.734. The highest BCUT2D eigenvalue weighted by Crippen LogP contribution is 2.36. The van der Waals surface area contributed by atoms with E-state index in [2.05, 4.69) is 9.72 Å². The number of nitrogens with zero attached hydrogens (tertiary/aromatic N) is 2. The largest absolute Gasteiger partial charge is 0.573 e. The first kappa shape index (κ1) is 18.0. The zero-order chi connectivity index (χ0) is 19.1. The SMILES string of the molecule is COc1cc(OC(F)(F)F)ccc1-c1ccc2cnc(C(C)(F)F)n2c1. The number of aromatic nitrogens is 2. The summed E-state index contributed by atoms with van der Waals surface area (Å²) in [5.74, 6) is -3.93. The van der Waals surface area contributed by atoms with Gasteiger partial charge in [0.2, 0.25) is 0 Å². The van der Waals surface area contributed by atoms with Crippen LogP contribution in [0.25, 0.3) is 16.6 Å². The lowest BCUT2D eigenvalue weighted by Crippen LogP contribution is -2.17. The molecule has 0 atom stereocenters. The van der Waals surface area contributed by atoms with Gasteiger partial charge in [0.1, 0.15) is 11.5 Å². The lowest BCUT2D eigenvalue weighted by Gasteiger charge is -2.14. The van der Waals surface area contributed by atoms with Crippen LogP contribution in [-0.4, -0.2) is 22.9 Å². The van der Waals surface area contributed by atoms with Crippen LogP contribution in [0.3, 0.4) is 0 Å². The number of methoxy groups -OCH3 is 1. The Morgan fingerprint density at radius 1 is 1.04 bits per heavy atom. The first-order valence-corrected chi connectivity index (χ1v) is 7.38. The van der Waals surface area contributed by atoms with E-state index in [0.717, 1.165) is 19.1 Å². The smallest absolute Gasteiger partial charge is 0.496 e. The average Bonchev–Trinajstić information content (AvgIpc) is 2.96. The molecule has 0 amide bonds. The van der Waals surface area contributed by atoms with Crippen LogP contribution in [0, 0.1) is 0 Å². The molecule has 0 saturated heterocycles. The number of imidazole rings is 1. The maximum atomic E-state index is 13.7. The molecule has 0 aliphatic carbocycles. The van der Waals surface area contributed by atoms with E-state index in [4.69, 9.17) is 4.74 Å². The predicted octanol–water partition coefficient (Wildman–Crippen LogP) is 5.02. The summed E-state index contributed by atoms with van der Waals surface area (Å²) < 4.78 is 74.6. The second kappa shape index (κ2) is 6.15. The molecule has 0 aliphatic heterocycles. The molecule has 0 saturated carbocycles. The van der Waals surface area contributed by atoms with E-state index in [1.54, 1.807) is 12.1 Å². The topological polar surface area (TPSA) is 35.8 Å². The van der Waals surface area contributed by atoms with Crippen molar-refractivity contribution in [1.29, 1.82) is 0 Å². The van der Waals surface area contributed by atoms with Crippen LogP contribution in [0.5, 0.6) is 11.5 Å². The minimum absolute atomic E-state index is 0.107. The molecule has 1 aromatic carbocycles. The molecule has 138 valence electrons. The fraction of sp³-hybridized carbons (Fsp3) is 0.235. The Morgan fingerprint density at radius 3 is 2.38 bits per heavy atom. The first-order valence-electron chi connectivity index (χ1n) is 7.38. The number of rotatable bonds is 4. The number of alkyl halides is 5. The molecule has 26 heavy (non-hydrogen) atoms. The standard InChI is InChI=1S/C17H13F5N2O2/c1-16(18,19)15-23-8-11-4-3-10(9-24(11)15)13-6-5-12(7-14(13)25-2)26-17(20,21)22/h3-9H,1-2H3. The van der Waals surface area contributed by atoms with E-state index in [1.807, 2.05) is 0 Å². The van der Waals surface area contributed by atoms with Crippen LogP contribution in [0.1, 0.15) is 12.7 Å². The third-order valence-corrected chi connectivity index (χ3v) is 3.64. The molecule has 2 aromatic heterocycles. The zero-order valence-electron chi connectivity index (χ0n) is 13.6. The van der Waals surface area contributed by atoms with Crippen molar-refractivity contribution >= 4 is 5.52 Å². The Kier molecular flexibility index (Phi) is 4.25. The lowest BCUT2D eigenvalue weighted by atomic mass is 10.1. The van der Waals surface area contributed by atoms with Gasteiger partial charge in [0.05, 0.1) is 18.8 Å². The number of hydrogen-bond donors (Lipinski definition) is 0. The van der Waals surface area contributed by atoms with Crippen molar-refractivity contribution < 1.29 is 31.4 Å². The van der Waals surface area contributed by atoms with Gasteiger partial charge < -0.3 is 9.47 Å². The minimum Gasteiger partial charge on any atom is -0.496 e. The molecule has 0 bridgehead atoms. The van der Waals surface area contributed by atoms with Crippen LogP contribution in [0.4, 0.5) is 22.0 Å². The normalized spacial score (nSPS) is 12.4. The number of halogens is 5. The third kappa shape index (κ3) is 3.56. The Labute approximate surface area is 144 Å². The predicted molar refractivity (Wildman–Crippen MR) is 83.4 cm³/mol. The molecule has 0 N–H and O–H groups in total. The molecule has 4 nitrogen and oxygen atoms in total. The van der Waals surface area contributed by atoms with Gasteiger partial charge in [-0.05, 0) is 18.2 Å². The van der Waals surface area contributed by atoms with Crippen LogP contribution >= 0.6 is 0 Å². The monoisotopic (exact) mass is 372 g/mol. The van der Waals surface area contributed by atoms with Gasteiger partial charge in [0.25, 0.3) is 0 Å². The van der Waals surface area contributed by atoms with E-state index < -0.39 is 23.9 Å². The second-order valence-corrected chi connectivity index (χ2v) is 5.59. The Balaban J connectivity index is 2.08. The molecule has 0 unspecified atom stereocenters. The molecule has 0 aliphatic rings. The van der Waals surface area contributed by atoms with E-state index >= 15 is 0 Å². The van der Waals surface area contributed by atoms with Gasteiger partial charge in [-0.25, -0.2) is 4.98 Å². The Bertz CT molecular complexity index is 944. The van der Waals surface area contributed by atoms with Gasteiger partial charge in [-0.3, -0.25) is 4.40 Å². The minimum atomic E-state index is -4.83. The van der Waals surface area contributed by atoms with Gasteiger partial charge in [-0.2, -0.15) is 8.78 Å². The molecule has 0 spiro atoms. The summed E-state index contributed by atoms with van der Waals surface area (Å²) in [6.07, 6.45) is -2.09. The first-order chi connectivity index (χ1) is 12.1. The molecule has 0 fully saturated rings. The number of fused-ring (bicyclic) bond motifs is 1. The van der Waals surface area contributed by atoms with E-state index in [-0.39, 0.29) is 5.75 Å². The highest BCUT2D eigenvalue weighted by atomic mass is 19.4. The van der Waals surface area contributed by atoms with Crippen molar-refractivity contribution in [3.05, 3.63) is 48.5 Å². The molecule has 9 heteroatoms. The summed E-state index contributed by atoms with van der Waals surface area (Å²) >= 11 is 0. The van der Waals surface area contributed by atoms with E-state index in [1.165, 1.54) is 30.0 Å². The van der Waals surface area contributed by atoms with Gasteiger partial charge in [0.15, 0.2) is 5.82 Å². The van der Waals surface area contributed by atoms with Crippen LogP contribution in [-0.2, 0) is 5.92 Å². The van der Waals surface area contributed by atoms with Crippen LogP contribution in [0.2, 0.25) is 0 Å². The van der Waals surface area contributed by atoms with Crippen molar-refractivity contribution in [3.8, 4) is 22.6 Å². The van der Waals surface area contributed by atoms with Crippen LogP contribution < -0.4 is 9.47 Å². The summed E-state index contributed by atoms with van der Waals surface area (Å²) in [5.41, 5.74) is 1.35. The maximum absolute atomic E-state index is 13.7. The van der Waals surface area contributed by atoms with E-state index in [0.29, 0.717) is 16.6 Å². The van der Waals surface area contributed by atoms with E-state index in [9.17, 15) is 22.0 Å². The molecule has 3 rings (SSSR count). The highest BCUT2D eigenvalue weighted by molar-refractivity contribution is 5.72. The molecule has 2 heterocycles. The van der Waals surface area contributed by atoms with Crippen LogP contribution in [0.15, 0.2) is 42.7 Å². The fourth-order valence-corrected chi connectivity index (χ4v) is 2.58. The number of hydrogen-bond acceptors (Lipinski definition) is 3. The molecular formula is C17H13F5N2O2. The van der Waals surface area contributed by atoms with Crippen molar-refractivity contribution in [2.45, 2.75) is 19.2 Å². The number of benzene rings is 1. The summed E-state index contributed by atoms with van der Waals surface area (Å²) in [4.78, 5) is 3.74. The number of pyridine rings is 1. The zero-order valence-corrected chi connectivity index (χ0v) is 13.6. The summed E-state index contributed by atoms with van der Waals surface area (Å²) in [5, 5.41) is 0. The van der Waals surface area contributed by atoms with Gasteiger partial charge in [0, 0.05) is 30.3 Å². The van der Waals surface area contributed by atoms with Gasteiger partial charge in [-0.15, -0.1) is 13.2 Å². The van der Waals surface area contributed by atoms with Crippen molar-refractivity contribution in [2.24, 2.45) is 0 Å². The third-order valence-electron chi connectivity index (χ3n) is 3.64. The molecule has 0 radical (unpaired) electrons.